The standard InChI is InChI=1S/C10H17N3S/c1-13(10-12-5-6-14-10)8-9-3-2-4-11-7-9/h5-6,9,11H,2-4,7-8H2,1H3/t9-/m0/s1. The minimum Gasteiger partial charge on any atom is -0.351 e. The molecule has 1 aromatic heterocycles. The van der Waals surface area contributed by atoms with Crippen molar-refractivity contribution in [2.75, 3.05) is 31.6 Å². The normalized spacial score (nSPS) is 22.2. The molecule has 0 spiro atoms. The molecule has 1 atom stereocenters. The molecule has 0 amide bonds. The Labute approximate surface area is 89.1 Å². The Bertz CT molecular complexity index is 254. The number of thiazole rings is 1. The summed E-state index contributed by atoms with van der Waals surface area (Å²) in [5.41, 5.74) is 0. The van der Waals surface area contributed by atoms with Gasteiger partial charge in [-0.3, -0.25) is 0 Å². The van der Waals surface area contributed by atoms with Crippen molar-refractivity contribution in [3.63, 3.8) is 0 Å². The van der Waals surface area contributed by atoms with Gasteiger partial charge >= 0.3 is 0 Å². The summed E-state index contributed by atoms with van der Waals surface area (Å²) in [7, 11) is 2.13. The Morgan fingerprint density at radius 3 is 3.29 bits per heavy atom. The minimum absolute atomic E-state index is 0.789. The molecule has 2 heterocycles. The predicted octanol–water partition coefficient (Wildman–Crippen LogP) is 1.58. The van der Waals surface area contributed by atoms with Crippen LogP contribution in [0.15, 0.2) is 11.6 Å². The lowest BCUT2D eigenvalue weighted by atomic mass is 9.99. The van der Waals surface area contributed by atoms with Crippen molar-refractivity contribution in [3.05, 3.63) is 11.6 Å². The van der Waals surface area contributed by atoms with Crippen LogP contribution in [0.1, 0.15) is 12.8 Å². The van der Waals surface area contributed by atoms with Crippen molar-refractivity contribution < 1.29 is 0 Å². The molecule has 0 aromatic carbocycles. The van der Waals surface area contributed by atoms with Gasteiger partial charge in [-0.2, -0.15) is 0 Å². The van der Waals surface area contributed by atoms with Gasteiger partial charge in [0.2, 0.25) is 0 Å². The highest BCUT2D eigenvalue weighted by Crippen LogP contribution is 2.19. The number of rotatable bonds is 3. The lowest BCUT2D eigenvalue weighted by Crippen LogP contribution is -2.36. The topological polar surface area (TPSA) is 28.2 Å². The molecular formula is C10H17N3S. The lowest BCUT2D eigenvalue weighted by Gasteiger charge is -2.27. The molecule has 0 radical (unpaired) electrons. The maximum Gasteiger partial charge on any atom is 0.184 e. The van der Waals surface area contributed by atoms with E-state index < -0.39 is 0 Å². The molecule has 4 heteroatoms. The Balaban J connectivity index is 1.84. The van der Waals surface area contributed by atoms with Gasteiger partial charge in [-0.05, 0) is 31.8 Å². The average molecular weight is 211 g/mol. The van der Waals surface area contributed by atoms with Crippen molar-refractivity contribution in [1.29, 1.82) is 0 Å². The number of aromatic nitrogens is 1. The van der Waals surface area contributed by atoms with E-state index >= 15 is 0 Å². The van der Waals surface area contributed by atoms with Gasteiger partial charge in [0, 0.05) is 25.2 Å². The zero-order chi connectivity index (χ0) is 9.80. The van der Waals surface area contributed by atoms with E-state index in [-0.39, 0.29) is 0 Å². The molecule has 0 bridgehead atoms. The van der Waals surface area contributed by atoms with Crippen LogP contribution in [0.2, 0.25) is 0 Å². The molecule has 1 aromatic rings. The zero-order valence-electron chi connectivity index (χ0n) is 8.57. The van der Waals surface area contributed by atoms with Gasteiger partial charge in [-0.15, -0.1) is 11.3 Å². The van der Waals surface area contributed by atoms with Crippen molar-refractivity contribution in [1.82, 2.24) is 10.3 Å². The molecule has 0 saturated carbocycles. The monoisotopic (exact) mass is 211 g/mol. The van der Waals surface area contributed by atoms with Crippen LogP contribution in [0, 0.1) is 5.92 Å². The molecule has 14 heavy (non-hydrogen) atoms. The first-order chi connectivity index (χ1) is 6.86. The predicted molar refractivity (Wildman–Crippen MR) is 61.0 cm³/mol. The molecule has 78 valence electrons. The highest BCUT2D eigenvalue weighted by molar-refractivity contribution is 7.13. The van der Waals surface area contributed by atoms with E-state index in [0.717, 1.165) is 24.1 Å². The summed E-state index contributed by atoms with van der Waals surface area (Å²) >= 11 is 1.71. The fourth-order valence-electron chi connectivity index (χ4n) is 1.95. The van der Waals surface area contributed by atoms with Gasteiger partial charge in [0.15, 0.2) is 5.13 Å². The molecule has 1 fully saturated rings. The zero-order valence-corrected chi connectivity index (χ0v) is 9.39. The second-order valence-corrected chi connectivity index (χ2v) is 4.78. The van der Waals surface area contributed by atoms with Crippen molar-refractivity contribution in [2.24, 2.45) is 5.92 Å². The number of hydrogen-bond donors (Lipinski definition) is 1. The second-order valence-electron chi connectivity index (χ2n) is 3.91. The van der Waals surface area contributed by atoms with Gasteiger partial charge in [0.25, 0.3) is 0 Å². The van der Waals surface area contributed by atoms with Gasteiger partial charge in [-0.25, -0.2) is 4.98 Å². The summed E-state index contributed by atoms with van der Waals surface area (Å²) in [6, 6.07) is 0. The molecule has 1 aliphatic heterocycles. The van der Waals surface area contributed by atoms with E-state index in [2.05, 4.69) is 22.2 Å². The smallest absolute Gasteiger partial charge is 0.184 e. The summed E-state index contributed by atoms with van der Waals surface area (Å²) in [6.45, 7) is 3.48. The summed E-state index contributed by atoms with van der Waals surface area (Å²) < 4.78 is 0. The third kappa shape index (κ3) is 2.45. The van der Waals surface area contributed by atoms with Crippen LogP contribution in [-0.2, 0) is 0 Å². The maximum absolute atomic E-state index is 4.31. The third-order valence-corrected chi connectivity index (χ3v) is 3.56. The highest BCUT2D eigenvalue weighted by atomic mass is 32.1. The van der Waals surface area contributed by atoms with Crippen LogP contribution >= 0.6 is 11.3 Å². The van der Waals surface area contributed by atoms with E-state index in [4.69, 9.17) is 0 Å². The highest BCUT2D eigenvalue weighted by Gasteiger charge is 2.15. The van der Waals surface area contributed by atoms with Crippen molar-refractivity contribution in [2.45, 2.75) is 12.8 Å². The number of piperidine rings is 1. The first-order valence-corrected chi connectivity index (χ1v) is 6.05. The number of anilines is 1. The number of nitrogens with zero attached hydrogens (tertiary/aromatic N) is 2. The van der Waals surface area contributed by atoms with Crippen LogP contribution in [0.25, 0.3) is 0 Å². The van der Waals surface area contributed by atoms with Crippen LogP contribution in [0.4, 0.5) is 5.13 Å². The van der Waals surface area contributed by atoms with Gasteiger partial charge in [0.05, 0.1) is 0 Å². The minimum atomic E-state index is 0.789. The van der Waals surface area contributed by atoms with E-state index in [1.165, 1.54) is 19.4 Å². The Morgan fingerprint density at radius 1 is 1.71 bits per heavy atom. The van der Waals surface area contributed by atoms with Crippen molar-refractivity contribution >= 4 is 16.5 Å². The first kappa shape index (κ1) is 9.93. The van der Waals surface area contributed by atoms with Crippen LogP contribution in [0.5, 0.6) is 0 Å². The molecular weight excluding hydrogens is 194 g/mol. The fraction of sp³-hybridized carbons (Fsp3) is 0.700. The fourth-order valence-corrected chi connectivity index (χ4v) is 2.57. The average Bonchev–Trinajstić information content (AvgIpc) is 2.72. The maximum atomic E-state index is 4.31. The summed E-state index contributed by atoms with van der Waals surface area (Å²) in [5.74, 6) is 0.789. The molecule has 3 nitrogen and oxygen atoms in total. The van der Waals surface area contributed by atoms with Gasteiger partial charge in [0.1, 0.15) is 0 Å². The quantitative estimate of drug-likeness (QED) is 0.823. The van der Waals surface area contributed by atoms with Crippen LogP contribution in [0.3, 0.4) is 0 Å². The summed E-state index contributed by atoms with van der Waals surface area (Å²) in [4.78, 5) is 6.57. The molecule has 0 aliphatic carbocycles. The second kappa shape index (κ2) is 4.75. The molecule has 0 unspecified atom stereocenters. The molecule has 1 saturated heterocycles. The molecule has 1 N–H and O–H groups in total. The number of hydrogen-bond acceptors (Lipinski definition) is 4. The molecule has 2 rings (SSSR count). The Hall–Kier alpha value is -0.610. The van der Waals surface area contributed by atoms with E-state index in [9.17, 15) is 0 Å². The Morgan fingerprint density at radius 2 is 2.64 bits per heavy atom. The van der Waals surface area contributed by atoms with E-state index in [1.807, 2.05) is 11.6 Å². The van der Waals surface area contributed by atoms with Gasteiger partial charge < -0.3 is 10.2 Å². The third-order valence-electron chi connectivity index (χ3n) is 2.68. The Kier molecular flexibility index (Phi) is 3.37. The first-order valence-electron chi connectivity index (χ1n) is 5.17. The van der Waals surface area contributed by atoms with Gasteiger partial charge in [-0.1, -0.05) is 0 Å². The van der Waals surface area contributed by atoms with Crippen molar-refractivity contribution in [3.8, 4) is 0 Å². The van der Waals surface area contributed by atoms with E-state index in [0.29, 0.717) is 0 Å². The largest absolute Gasteiger partial charge is 0.351 e. The van der Waals surface area contributed by atoms with E-state index in [1.54, 1.807) is 11.3 Å². The summed E-state index contributed by atoms with van der Waals surface area (Å²) in [6.07, 6.45) is 4.54. The number of nitrogens with one attached hydrogen (secondary N) is 1. The lowest BCUT2D eigenvalue weighted by molar-refractivity contribution is 0.381. The van der Waals surface area contributed by atoms with Crippen LogP contribution in [-0.4, -0.2) is 31.7 Å². The summed E-state index contributed by atoms with van der Waals surface area (Å²) in [5, 5.41) is 6.61. The molecule has 1 aliphatic rings. The SMILES string of the molecule is CN(C[C@H]1CCCNC1)c1nccs1. The van der Waals surface area contributed by atoms with Crippen LogP contribution < -0.4 is 10.2 Å².